The molecule has 0 fully saturated rings. The van der Waals surface area contributed by atoms with Gasteiger partial charge in [0, 0.05) is 27.2 Å². The van der Waals surface area contributed by atoms with E-state index in [9.17, 15) is 19.2 Å². The number of esters is 3. The van der Waals surface area contributed by atoms with Crippen LogP contribution in [0.15, 0.2) is 0 Å². The molecule has 0 saturated heterocycles. The third-order valence-electron chi connectivity index (χ3n) is 2.86. The summed E-state index contributed by atoms with van der Waals surface area (Å²) >= 11 is 6.18. The Morgan fingerprint density at radius 2 is 1.64 bits per heavy atom. The Morgan fingerprint density at radius 1 is 1.08 bits per heavy atom. The highest BCUT2D eigenvalue weighted by Crippen LogP contribution is 2.23. The summed E-state index contributed by atoms with van der Waals surface area (Å²) in [6.45, 7) is 2.99. The summed E-state index contributed by atoms with van der Waals surface area (Å²) < 4.78 is 19.8. The Morgan fingerprint density at radius 3 is 2.08 bits per heavy atom. The van der Waals surface area contributed by atoms with Gasteiger partial charge >= 0.3 is 17.9 Å². The van der Waals surface area contributed by atoms with Gasteiger partial charge in [-0.25, -0.2) is 0 Å². The normalized spacial score (nSPS) is 14.8. The van der Waals surface area contributed by atoms with E-state index < -0.39 is 48.2 Å². The number of carbonyl (C=O) groups is 4. The number of alkyl halides is 1. The van der Waals surface area contributed by atoms with E-state index in [-0.39, 0.29) is 19.3 Å². The third-order valence-corrected chi connectivity index (χ3v) is 3.33. The predicted molar refractivity (Wildman–Crippen MR) is 83.2 cm³/mol. The fourth-order valence-corrected chi connectivity index (χ4v) is 2.24. The van der Waals surface area contributed by atoms with Crippen molar-refractivity contribution in [1.82, 2.24) is 0 Å². The number of rotatable bonds is 11. The van der Waals surface area contributed by atoms with Crippen molar-refractivity contribution in [2.75, 3.05) is 6.61 Å². The van der Waals surface area contributed by atoms with Crippen LogP contribution >= 0.6 is 11.6 Å². The summed E-state index contributed by atoms with van der Waals surface area (Å²) in [5, 5.41) is 7.76. The smallest absolute Gasteiger partial charge is 0.303 e. The first kappa shape index (κ1) is 22.7. The van der Waals surface area contributed by atoms with E-state index in [1.165, 1.54) is 0 Å². The molecule has 0 radical (unpaired) electrons. The summed E-state index contributed by atoms with van der Waals surface area (Å²) in [4.78, 5) is 44.6. The maximum absolute atomic E-state index is 11.4. The van der Waals surface area contributed by atoms with E-state index in [1.54, 1.807) is 0 Å². The molecule has 25 heavy (non-hydrogen) atoms. The molecule has 0 aliphatic rings. The van der Waals surface area contributed by atoms with Gasteiger partial charge in [-0.1, -0.05) is 0 Å². The number of ether oxygens (including phenoxy) is 4. The first-order valence-corrected chi connectivity index (χ1v) is 7.74. The van der Waals surface area contributed by atoms with Gasteiger partial charge in [0.25, 0.3) is 6.47 Å². The van der Waals surface area contributed by atoms with Crippen LogP contribution in [0, 0.1) is 11.3 Å². The Labute approximate surface area is 150 Å². The number of nitrogens with zero attached hydrogens (tertiary/aromatic N) is 1. The average Bonchev–Trinajstić information content (AvgIpc) is 2.51. The fraction of sp³-hybridized carbons (Fsp3) is 0.667. The molecule has 0 saturated carbocycles. The van der Waals surface area contributed by atoms with Crippen LogP contribution in [0.5, 0.6) is 0 Å². The van der Waals surface area contributed by atoms with Gasteiger partial charge in [0.1, 0.15) is 6.61 Å². The highest BCUT2D eigenvalue weighted by molar-refractivity contribution is 6.21. The molecule has 0 unspecified atom stereocenters. The SMILES string of the molecule is CC(=O)OC[C@@H](OC=O)[C@@H](OC(C)=O)[C@H](OC(C)=O)[C@@H](Cl)CCC#N. The van der Waals surface area contributed by atoms with Gasteiger partial charge in [0.15, 0.2) is 18.3 Å². The van der Waals surface area contributed by atoms with Crippen LogP contribution in [0.3, 0.4) is 0 Å². The first-order chi connectivity index (χ1) is 11.7. The highest BCUT2D eigenvalue weighted by Gasteiger charge is 2.41. The maximum Gasteiger partial charge on any atom is 0.303 e. The second kappa shape index (κ2) is 12.1. The van der Waals surface area contributed by atoms with E-state index in [2.05, 4.69) is 0 Å². The van der Waals surface area contributed by atoms with Crippen LogP contribution in [0.4, 0.5) is 0 Å². The monoisotopic (exact) mass is 377 g/mol. The largest absolute Gasteiger partial charge is 0.462 e. The van der Waals surface area contributed by atoms with Crippen molar-refractivity contribution in [3.05, 3.63) is 0 Å². The molecule has 10 heteroatoms. The molecule has 4 atom stereocenters. The van der Waals surface area contributed by atoms with Crippen LogP contribution in [0.25, 0.3) is 0 Å². The van der Waals surface area contributed by atoms with E-state index in [0.717, 1.165) is 20.8 Å². The minimum absolute atomic E-state index is 0.0574. The standard InChI is InChI=1S/C15H20ClNO8/c1-9(19)22-7-13(23-8-18)15(25-11(3)21)14(24-10(2)20)12(16)5-4-6-17/h8,12-15H,4-5,7H2,1-3H3/t12-,13+,14+,15+/m0/s1. The molecule has 0 heterocycles. The lowest BCUT2D eigenvalue weighted by molar-refractivity contribution is -0.185. The zero-order chi connectivity index (χ0) is 19.4. The molecular formula is C15H20ClNO8. The second-order valence-electron chi connectivity index (χ2n) is 4.93. The Bertz CT molecular complexity index is 518. The highest BCUT2D eigenvalue weighted by atomic mass is 35.5. The van der Waals surface area contributed by atoms with E-state index in [0.29, 0.717) is 0 Å². The summed E-state index contributed by atoms with van der Waals surface area (Å²) in [5.74, 6) is -2.13. The zero-order valence-electron chi connectivity index (χ0n) is 14.1. The van der Waals surface area contributed by atoms with Crippen molar-refractivity contribution in [2.45, 2.75) is 57.3 Å². The molecule has 0 bridgehead atoms. The Kier molecular flexibility index (Phi) is 11.0. The molecule has 0 aliphatic heterocycles. The predicted octanol–water partition coefficient (Wildman–Crippen LogP) is 0.866. The number of hydrogen-bond donors (Lipinski definition) is 0. The van der Waals surface area contributed by atoms with Crippen molar-refractivity contribution in [3.8, 4) is 6.07 Å². The van der Waals surface area contributed by atoms with Crippen molar-refractivity contribution < 1.29 is 38.1 Å². The lowest BCUT2D eigenvalue weighted by Gasteiger charge is -2.33. The van der Waals surface area contributed by atoms with Gasteiger partial charge in [-0.2, -0.15) is 5.26 Å². The molecule has 140 valence electrons. The number of carbonyl (C=O) groups excluding carboxylic acids is 4. The lowest BCUT2D eigenvalue weighted by atomic mass is 10.0. The van der Waals surface area contributed by atoms with E-state index >= 15 is 0 Å². The molecule has 0 aromatic heterocycles. The van der Waals surface area contributed by atoms with Gasteiger partial charge in [-0.3, -0.25) is 19.2 Å². The molecular weight excluding hydrogens is 358 g/mol. The topological polar surface area (TPSA) is 129 Å². The van der Waals surface area contributed by atoms with Gasteiger partial charge in [0.2, 0.25) is 0 Å². The molecule has 9 nitrogen and oxygen atoms in total. The average molecular weight is 378 g/mol. The maximum atomic E-state index is 11.4. The Balaban J connectivity index is 5.60. The van der Waals surface area contributed by atoms with Gasteiger partial charge in [0.05, 0.1) is 11.4 Å². The molecule has 0 aliphatic carbocycles. The first-order valence-electron chi connectivity index (χ1n) is 7.30. The van der Waals surface area contributed by atoms with Crippen molar-refractivity contribution >= 4 is 36.0 Å². The van der Waals surface area contributed by atoms with Crippen LogP contribution in [-0.4, -0.2) is 54.7 Å². The molecule has 0 spiro atoms. The molecule has 0 amide bonds. The van der Waals surface area contributed by atoms with Gasteiger partial charge in [-0.15, -0.1) is 11.6 Å². The summed E-state index contributed by atoms with van der Waals surface area (Å²) in [7, 11) is 0. The van der Waals surface area contributed by atoms with Crippen LogP contribution < -0.4 is 0 Å². The summed E-state index contributed by atoms with van der Waals surface area (Å²) in [6, 6.07) is 1.89. The van der Waals surface area contributed by atoms with E-state index in [1.807, 2.05) is 6.07 Å². The van der Waals surface area contributed by atoms with E-state index in [4.69, 9.17) is 35.8 Å². The fourth-order valence-electron chi connectivity index (χ4n) is 1.93. The summed E-state index contributed by atoms with van der Waals surface area (Å²) in [6.07, 6.45) is -3.63. The molecule has 0 N–H and O–H groups in total. The number of hydrogen-bond acceptors (Lipinski definition) is 9. The Hall–Kier alpha value is -2.34. The lowest BCUT2D eigenvalue weighted by Crippen LogP contribution is -2.50. The summed E-state index contributed by atoms with van der Waals surface area (Å²) in [5.41, 5.74) is 0. The van der Waals surface area contributed by atoms with Gasteiger partial charge in [-0.05, 0) is 6.42 Å². The van der Waals surface area contributed by atoms with Gasteiger partial charge < -0.3 is 18.9 Å². The number of halogens is 1. The minimum atomic E-state index is -1.33. The number of nitriles is 1. The molecule has 0 rings (SSSR count). The third kappa shape index (κ3) is 9.52. The van der Waals surface area contributed by atoms with Crippen molar-refractivity contribution in [3.63, 3.8) is 0 Å². The molecule has 0 aromatic rings. The van der Waals surface area contributed by atoms with Crippen LogP contribution in [0.2, 0.25) is 0 Å². The quantitative estimate of drug-likeness (QED) is 0.223. The minimum Gasteiger partial charge on any atom is -0.462 e. The van der Waals surface area contributed by atoms with Crippen LogP contribution in [0.1, 0.15) is 33.6 Å². The zero-order valence-corrected chi connectivity index (χ0v) is 14.9. The molecule has 0 aromatic carbocycles. The second-order valence-corrected chi connectivity index (χ2v) is 5.49. The van der Waals surface area contributed by atoms with Crippen molar-refractivity contribution in [2.24, 2.45) is 0 Å². The van der Waals surface area contributed by atoms with Crippen LogP contribution in [-0.2, 0) is 38.1 Å². The van der Waals surface area contributed by atoms with Crippen molar-refractivity contribution in [1.29, 1.82) is 5.26 Å².